The topological polar surface area (TPSA) is 17.3 Å². The van der Waals surface area contributed by atoms with Crippen LogP contribution in [0.3, 0.4) is 0 Å². The summed E-state index contributed by atoms with van der Waals surface area (Å²) >= 11 is 1.74. The van der Waals surface area contributed by atoms with Crippen molar-refractivity contribution in [1.82, 2.24) is 9.38 Å². The number of rotatable bonds is 0. The Balaban J connectivity index is 2.17. The first kappa shape index (κ1) is 8.99. The first-order valence-corrected chi connectivity index (χ1v) is 6.96. The number of fused-ring (bicyclic) bond motifs is 4. The van der Waals surface area contributed by atoms with Gasteiger partial charge in [-0.05, 0) is 37.2 Å². The summed E-state index contributed by atoms with van der Waals surface area (Å²) in [6.07, 6.45) is 11.2. The van der Waals surface area contributed by atoms with E-state index < -0.39 is 0 Å². The van der Waals surface area contributed by atoms with Crippen LogP contribution in [0.25, 0.3) is 16.6 Å². The summed E-state index contributed by atoms with van der Waals surface area (Å²) in [7, 11) is 0. The molecule has 82 valence electrons. The molecule has 0 N–H and O–H groups in total. The van der Waals surface area contributed by atoms with Gasteiger partial charge in [0.25, 0.3) is 0 Å². The molecule has 2 aliphatic rings. The monoisotopic (exact) mass is 230 g/mol. The van der Waals surface area contributed by atoms with Crippen LogP contribution in [0.4, 0.5) is 0 Å². The molecule has 0 aromatic carbocycles. The molecule has 2 heterocycles. The van der Waals surface area contributed by atoms with Gasteiger partial charge in [-0.2, -0.15) is 0 Å². The minimum atomic E-state index is 0.807. The summed E-state index contributed by atoms with van der Waals surface area (Å²) in [6, 6.07) is 0. The fraction of sp³-hybridized carbons (Fsp3) is 0.462. The molecule has 2 aromatic rings. The van der Waals surface area contributed by atoms with Crippen LogP contribution in [0.5, 0.6) is 0 Å². The molecule has 0 spiro atoms. The van der Waals surface area contributed by atoms with Crippen molar-refractivity contribution < 1.29 is 0 Å². The molecule has 0 aliphatic heterocycles. The highest BCUT2D eigenvalue weighted by Gasteiger charge is 2.23. The zero-order valence-corrected chi connectivity index (χ0v) is 9.96. The Morgan fingerprint density at radius 2 is 2.38 bits per heavy atom. The van der Waals surface area contributed by atoms with Crippen molar-refractivity contribution in [2.24, 2.45) is 5.92 Å². The van der Waals surface area contributed by atoms with E-state index in [1.54, 1.807) is 16.9 Å². The van der Waals surface area contributed by atoms with E-state index in [-0.39, 0.29) is 0 Å². The molecule has 0 saturated heterocycles. The van der Waals surface area contributed by atoms with Gasteiger partial charge in [-0.3, -0.25) is 4.40 Å². The molecule has 16 heavy (non-hydrogen) atoms. The third-order valence-corrected chi connectivity index (χ3v) is 4.69. The Hall–Kier alpha value is -1.09. The van der Waals surface area contributed by atoms with Gasteiger partial charge in [-0.1, -0.05) is 12.5 Å². The molecule has 1 atom stereocenters. The lowest BCUT2D eigenvalue weighted by Crippen LogP contribution is -2.36. The molecule has 3 heteroatoms. The third-order valence-electron chi connectivity index (χ3n) is 3.93. The standard InChI is InChI=1S/C13H14N2S/c1-2-4-10-9(3-1)5-6-11-12(10)15-7-8-16-13(15)14-11/h6-9H,1-5H2. The molecule has 2 nitrogen and oxygen atoms in total. The molecular formula is C13H14N2S. The maximum Gasteiger partial charge on any atom is 0.194 e. The highest BCUT2D eigenvalue weighted by Crippen LogP contribution is 2.33. The lowest BCUT2D eigenvalue weighted by molar-refractivity contribution is 0.506. The number of hydrogen-bond donors (Lipinski definition) is 0. The van der Waals surface area contributed by atoms with Crippen LogP contribution in [0.15, 0.2) is 11.6 Å². The molecule has 1 saturated carbocycles. The Labute approximate surface area is 97.9 Å². The van der Waals surface area contributed by atoms with Crippen molar-refractivity contribution in [3.8, 4) is 0 Å². The van der Waals surface area contributed by atoms with E-state index in [0.29, 0.717) is 0 Å². The Morgan fingerprint density at radius 3 is 3.38 bits per heavy atom. The van der Waals surface area contributed by atoms with Crippen molar-refractivity contribution in [3.63, 3.8) is 0 Å². The number of nitrogens with zero attached hydrogens (tertiary/aromatic N) is 2. The van der Waals surface area contributed by atoms with E-state index in [1.165, 1.54) is 42.8 Å². The molecule has 2 aliphatic carbocycles. The van der Waals surface area contributed by atoms with Gasteiger partial charge >= 0.3 is 0 Å². The molecule has 4 rings (SSSR count). The van der Waals surface area contributed by atoms with Crippen LogP contribution >= 0.6 is 11.3 Å². The largest absolute Gasteiger partial charge is 0.290 e. The first-order chi connectivity index (χ1) is 7.93. The molecule has 1 unspecified atom stereocenters. The molecule has 0 bridgehead atoms. The van der Waals surface area contributed by atoms with Gasteiger partial charge in [0.1, 0.15) is 0 Å². The normalized spacial score (nSPS) is 24.0. The SMILES string of the molecule is C1=c2nc3sccn3c2=C2CCCCC2C1. The van der Waals surface area contributed by atoms with Gasteiger partial charge in [-0.15, -0.1) is 11.3 Å². The van der Waals surface area contributed by atoms with Crippen LogP contribution in [-0.4, -0.2) is 9.38 Å². The second-order valence-electron chi connectivity index (χ2n) is 4.81. The van der Waals surface area contributed by atoms with Gasteiger partial charge in [0.2, 0.25) is 0 Å². The molecular weight excluding hydrogens is 216 g/mol. The van der Waals surface area contributed by atoms with Crippen LogP contribution < -0.4 is 10.7 Å². The Kier molecular flexibility index (Phi) is 1.80. The van der Waals surface area contributed by atoms with Crippen molar-refractivity contribution >= 4 is 27.9 Å². The minimum Gasteiger partial charge on any atom is -0.290 e. The fourth-order valence-electron chi connectivity index (χ4n) is 3.17. The Morgan fingerprint density at radius 1 is 1.38 bits per heavy atom. The van der Waals surface area contributed by atoms with Crippen LogP contribution in [0.1, 0.15) is 32.1 Å². The van der Waals surface area contributed by atoms with Gasteiger partial charge in [0.05, 0.1) is 10.7 Å². The van der Waals surface area contributed by atoms with Crippen LogP contribution in [0, 0.1) is 5.92 Å². The van der Waals surface area contributed by atoms with Crippen LogP contribution in [-0.2, 0) is 0 Å². The van der Waals surface area contributed by atoms with Gasteiger partial charge in [-0.25, -0.2) is 4.98 Å². The summed E-state index contributed by atoms with van der Waals surface area (Å²) in [5.41, 5.74) is 1.68. The molecule has 0 amide bonds. The average molecular weight is 230 g/mol. The smallest absolute Gasteiger partial charge is 0.194 e. The van der Waals surface area contributed by atoms with E-state index in [4.69, 9.17) is 4.98 Å². The lowest BCUT2D eigenvalue weighted by Gasteiger charge is -2.25. The first-order valence-electron chi connectivity index (χ1n) is 6.08. The number of hydrogen-bond acceptors (Lipinski definition) is 2. The minimum absolute atomic E-state index is 0.807. The molecule has 2 aromatic heterocycles. The molecule has 1 fully saturated rings. The lowest BCUT2D eigenvalue weighted by atomic mass is 9.80. The zero-order chi connectivity index (χ0) is 10.5. The predicted molar refractivity (Wildman–Crippen MR) is 66.8 cm³/mol. The second-order valence-corrected chi connectivity index (χ2v) is 5.68. The summed E-state index contributed by atoms with van der Waals surface area (Å²) < 4.78 is 2.29. The van der Waals surface area contributed by atoms with Crippen LogP contribution in [0.2, 0.25) is 0 Å². The van der Waals surface area contributed by atoms with E-state index >= 15 is 0 Å². The fourth-order valence-corrected chi connectivity index (χ4v) is 3.90. The predicted octanol–water partition coefficient (Wildman–Crippen LogP) is 1.92. The Bertz CT molecular complexity index is 662. The summed E-state index contributed by atoms with van der Waals surface area (Å²) in [6.45, 7) is 0. The van der Waals surface area contributed by atoms with Crippen molar-refractivity contribution in [3.05, 3.63) is 22.3 Å². The van der Waals surface area contributed by atoms with Gasteiger partial charge < -0.3 is 0 Å². The van der Waals surface area contributed by atoms with E-state index in [2.05, 4.69) is 22.1 Å². The second kappa shape index (κ2) is 3.20. The number of imidazole rings is 1. The van der Waals surface area contributed by atoms with Crippen molar-refractivity contribution in [1.29, 1.82) is 0 Å². The third kappa shape index (κ3) is 1.09. The summed E-state index contributed by atoms with van der Waals surface area (Å²) in [5.74, 6) is 0.807. The average Bonchev–Trinajstić information content (AvgIpc) is 2.88. The van der Waals surface area contributed by atoms with Gasteiger partial charge in [0.15, 0.2) is 4.96 Å². The quantitative estimate of drug-likeness (QED) is 0.676. The maximum atomic E-state index is 4.71. The summed E-state index contributed by atoms with van der Waals surface area (Å²) in [5, 5.41) is 4.79. The number of aromatic nitrogens is 2. The highest BCUT2D eigenvalue weighted by atomic mass is 32.1. The summed E-state index contributed by atoms with van der Waals surface area (Å²) in [4.78, 5) is 5.86. The van der Waals surface area contributed by atoms with Crippen molar-refractivity contribution in [2.45, 2.75) is 32.1 Å². The van der Waals surface area contributed by atoms with Gasteiger partial charge in [0, 0.05) is 11.6 Å². The van der Waals surface area contributed by atoms with E-state index in [9.17, 15) is 0 Å². The maximum absolute atomic E-state index is 4.71. The van der Waals surface area contributed by atoms with Crippen molar-refractivity contribution in [2.75, 3.05) is 0 Å². The van der Waals surface area contributed by atoms with E-state index in [1.807, 2.05) is 0 Å². The highest BCUT2D eigenvalue weighted by molar-refractivity contribution is 7.15. The van der Waals surface area contributed by atoms with E-state index in [0.717, 1.165) is 10.9 Å². The molecule has 0 radical (unpaired) electrons. The number of thiazole rings is 1. The zero-order valence-electron chi connectivity index (χ0n) is 9.15.